The number of pyridine rings is 1. The van der Waals surface area contributed by atoms with Gasteiger partial charge in [-0.2, -0.15) is 4.39 Å². The van der Waals surface area contributed by atoms with Gasteiger partial charge in [-0.05, 0) is 25.5 Å². The maximum absolute atomic E-state index is 12.9. The fraction of sp³-hybridized carbons (Fsp3) is 0.417. The van der Waals surface area contributed by atoms with Crippen LogP contribution in [0, 0.1) is 5.95 Å². The Morgan fingerprint density at radius 1 is 1.50 bits per heavy atom. The van der Waals surface area contributed by atoms with Gasteiger partial charge in [0.2, 0.25) is 5.95 Å². The minimum atomic E-state index is -1.38. The van der Waals surface area contributed by atoms with Gasteiger partial charge in [0.05, 0.1) is 0 Å². The number of hydrogen-bond donors (Lipinski definition) is 2. The number of nitrogens with zero attached hydrogens (tertiary/aromatic N) is 1. The van der Waals surface area contributed by atoms with Crippen LogP contribution in [-0.2, 0) is 4.79 Å². The summed E-state index contributed by atoms with van der Waals surface area (Å²) < 4.78 is 12.9. The number of carbonyl (C=O) groups excluding carboxylic acids is 1. The van der Waals surface area contributed by atoms with E-state index in [1.54, 1.807) is 0 Å². The number of hydrogen-bond acceptors (Lipinski definition) is 3. The Balaban J connectivity index is 2.88. The summed E-state index contributed by atoms with van der Waals surface area (Å²) >= 11 is 0. The average molecular weight is 254 g/mol. The van der Waals surface area contributed by atoms with Gasteiger partial charge in [-0.1, -0.05) is 19.4 Å². The van der Waals surface area contributed by atoms with Gasteiger partial charge in [-0.25, -0.2) is 9.78 Å². The van der Waals surface area contributed by atoms with Crippen LogP contribution in [0.3, 0.4) is 0 Å². The van der Waals surface area contributed by atoms with Gasteiger partial charge in [0.1, 0.15) is 11.2 Å². The summed E-state index contributed by atoms with van der Waals surface area (Å²) in [4.78, 5) is 26.3. The molecule has 0 fully saturated rings. The number of halogens is 1. The number of rotatable bonds is 5. The van der Waals surface area contributed by atoms with E-state index < -0.39 is 23.4 Å². The van der Waals surface area contributed by atoms with Crippen LogP contribution in [0.1, 0.15) is 37.2 Å². The average Bonchev–Trinajstić information content (AvgIpc) is 2.29. The predicted octanol–water partition coefficient (Wildman–Crippen LogP) is 1.59. The highest BCUT2D eigenvalue weighted by Gasteiger charge is 2.34. The van der Waals surface area contributed by atoms with E-state index in [-0.39, 0.29) is 12.1 Å². The second kappa shape index (κ2) is 5.57. The van der Waals surface area contributed by atoms with E-state index in [2.05, 4.69) is 10.3 Å². The zero-order valence-electron chi connectivity index (χ0n) is 10.2. The van der Waals surface area contributed by atoms with Gasteiger partial charge in [0, 0.05) is 0 Å². The molecule has 5 nitrogen and oxygen atoms in total. The SMILES string of the molecule is CCCC(C)(NC(=O)c1cccc(F)n1)C(=O)O. The Morgan fingerprint density at radius 3 is 2.67 bits per heavy atom. The molecule has 0 aromatic carbocycles. The number of aromatic nitrogens is 1. The highest BCUT2D eigenvalue weighted by atomic mass is 19.1. The first-order chi connectivity index (χ1) is 8.39. The summed E-state index contributed by atoms with van der Waals surface area (Å²) in [6.07, 6.45) is 0.878. The summed E-state index contributed by atoms with van der Waals surface area (Å²) in [6, 6.07) is 3.78. The molecule has 0 bridgehead atoms. The third-order valence-electron chi connectivity index (χ3n) is 2.56. The normalized spacial score (nSPS) is 13.7. The monoisotopic (exact) mass is 254 g/mol. The first-order valence-corrected chi connectivity index (χ1v) is 5.57. The molecule has 0 saturated heterocycles. The van der Waals surface area contributed by atoms with Crippen LogP contribution < -0.4 is 5.32 Å². The molecule has 0 aliphatic rings. The molecule has 1 aromatic rings. The Labute approximate surface area is 104 Å². The first kappa shape index (κ1) is 14.1. The molecule has 2 N–H and O–H groups in total. The van der Waals surface area contributed by atoms with Crippen LogP contribution in [-0.4, -0.2) is 27.5 Å². The van der Waals surface area contributed by atoms with Crippen molar-refractivity contribution in [3.05, 3.63) is 29.8 Å². The van der Waals surface area contributed by atoms with Crippen LogP contribution in [0.4, 0.5) is 4.39 Å². The van der Waals surface area contributed by atoms with E-state index in [4.69, 9.17) is 5.11 Å². The number of carbonyl (C=O) groups is 2. The van der Waals surface area contributed by atoms with Crippen molar-refractivity contribution < 1.29 is 19.1 Å². The predicted molar refractivity (Wildman–Crippen MR) is 62.6 cm³/mol. The Kier molecular flexibility index (Phi) is 4.36. The third kappa shape index (κ3) is 3.26. The maximum atomic E-state index is 12.9. The van der Waals surface area contributed by atoms with Gasteiger partial charge in [-0.3, -0.25) is 4.79 Å². The largest absolute Gasteiger partial charge is 0.480 e. The summed E-state index contributed by atoms with van der Waals surface area (Å²) in [5.74, 6) is -2.61. The topological polar surface area (TPSA) is 79.3 Å². The van der Waals surface area contributed by atoms with Crippen molar-refractivity contribution in [2.75, 3.05) is 0 Å². The Hall–Kier alpha value is -1.98. The van der Waals surface area contributed by atoms with E-state index in [1.807, 2.05) is 6.92 Å². The van der Waals surface area contributed by atoms with Crippen molar-refractivity contribution in [1.82, 2.24) is 10.3 Å². The van der Waals surface area contributed by atoms with E-state index in [0.29, 0.717) is 6.42 Å². The van der Waals surface area contributed by atoms with Crippen molar-refractivity contribution >= 4 is 11.9 Å². The lowest BCUT2D eigenvalue weighted by molar-refractivity contribution is -0.144. The first-order valence-electron chi connectivity index (χ1n) is 5.57. The van der Waals surface area contributed by atoms with Gasteiger partial charge in [-0.15, -0.1) is 0 Å². The van der Waals surface area contributed by atoms with Gasteiger partial charge < -0.3 is 10.4 Å². The molecule has 1 amide bonds. The number of amides is 1. The van der Waals surface area contributed by atoms with E-state index in [0.717, 1.165) is 6.07 Å². The lowest BCUT2D eigenvalue weighted by Crippen LogP contribution is -2.52. The lowest BCUT2D eigenvalue weighted by atomic mass is 9.96. The van der Waals surface area contributed by atoms with Gasteiger partial charge in [0.25, 0.3) is 5.91 Å². The van der Waals surface area contributed by atoms with Crippen LogP contribution >= 0.6 is 0 Å². The van der Waals surface area contributed by atoms with Crippen molar-refractivity contribution in [2.24, 2.45) is 0 Å². The van der Waals surface area contributed by atoms with Gasteiger partial charge in [0.15, 0.2) is 0 Å². The maximum Gasteiger partial charge on any atom is 0.329 e. The van der Waals surface area contributed by atoms with Crippen molar-refractivity contribution in [3.63, 3.8) is 0 Å². The smallest absolute Gasteiger partial charge is 0.329 e. The molecule has 1 aromatic heterocycles. The molecule has 1 atom stereocenters. The molecular weight excluding hydrogens is 239 g/mol. The Morgan fingerprint density at radius 2 is 2.17 bits per heavy atom. The summed E-state index contributed by atoms with van der Waals surface area (Å²) in [6.45, 7) is 3.23. The fourth-order valence-corrected chi connectivity index (χ4v) is 1.57. The van der Waals surface area contributed by atoms with Crippen molar-refractivity contribution in [3.8, 4) is 0 Å². The van der Waals surface area contributed by atoms with Crippen LogP contribution in [0.15, 0.2) is 18.2 Å². The standard InChI is InChI=1S/C12H15FN2O3/c1-3-7-12(2,11(17)18)15-10(16)8-5-4-6-9(13)14-8/h4-6H,3,7H2,1-2H3,(H,15,16)(H,17,18). The van der Waals surface area contributed by atoms with Crippen LogP contribution in [0.5, 0.6) is 0 Å². The van der Waals surface area contributed by atoms with Gasteiger partial charge >= 0.3 is 5.97 Å². The molecule has 1 heterocycles. The number of carboxylic acid groups (broad SMARTS) is 1. The van der Waals surface area contributed by atoms with Crippen LogP contribution in [0.25, 0.3) is 0 Å². The zero-order chi connectivity index (χ0) is 13.8. The minimum Gasteiger partial charge on any atom is -0.480 e. The van der Waals surface area contributed by atoms with E-state index >= 15 is 0 Å². The quantitative estimate of drug-likeness (QED) is 0.782. The van der Waals surface area contributed by atoms with E-state index in [9.17, 15) is 14.0 Å². The molecule has 18 heavy (non-hydrogen) atoms. The van der Waals surface area contributed by atoms with Crippen molar-refractivity contribution in [2.45, 2.75) is 32.2 Å². The molecule has 0 spiro atoms. The zero-order valence-corrected chi connectivity index (χ0v) is 10.2. The number of carboxylic acids is 1. The lowest BCUT2D eigenvalue weighted by Gasteiger charge is -2.25. The third-order valence-corrected chi connectivity index (χ3v) is 2.56. The molecule has 98 valence electrons. The number of aliphatic carboxylic acids is 1. The molecule has 1 rings (SSSR count). The fourth-order valence-electron chi connectivity index (χ4n) is 1.57. The van der Waals surface area contributed by atoms with Crippen LogP contribution in [0.2, 0.25) is 0 Å². The highest BCUT2D eigenvalue weighted by Crippen LogP contribution is 2.13. The number of nitrogens with one attached hydrogen (secondary N) is 1. The molecular formula is C12H15FN2O3. The summed E-state index contributed by atoms with van der Waals surface area (Å²) in [7, 11) is 0. The molecule has 0 aliphatic carbocycles. The highest BCUT2D eigenvalue weighted by molar-refractivity contribution is 5.96. The minimum absolute atomic E-state index is 0.140. The summed E-state index contributed by atoms with van der Waals surface area (Å²) in [5.41, 5.74) is -1.52. The Bertz CT molecular complexity index is 464. The molecule has 0 radical (unpaired) electrons. The van der Waals surface area contributed by atoms with E-state index in [1.165, 1.54) is 19.1 Å². The van der Waals surface area contributed by atoms with Crippen molar-refractivity contribution in [1.29, 1.82) is 0 Å². The second-order valence-corrected chi connectivity index (χ2v) is 4.19. The molecule has 0 aliphatic heterocycles. The molecule has 6 heteroatoms. The molecule has 1 unspecified atom stereocenters. The summed E-state index contributed by atoms with van der Waals surface area (Å²) in [5, 5.41) is 11.5. The molecule has 0 saturated carbocycles. The second-order valence-electron chi connectivity index (χ2n) is 4.19.